The summed E-state index contributed by atoms with van der Waals surface area (Å²) in [4.78, 5) is 16.0. The van der Waals surface area contributed by atoms with E-state index < -0.39 is 0 Å². The number of nitrogens with two attached hydrogens (primary N) is 1. The van der Waals surface area contributed by atoms with Crippen molar-refractivity contribution in [2.24, 2.45) is 0 Å². The van der Waals surface area contributed by atoms with Crippen molar-refractivity contribution in [2.75, 3.05) is 5.73 Å². The van der Waals surface area contributed by atoms with Gasteiger partial charge in [0.05, 0.1) is 11.2 Å². The monoisotopic (exact) mass is 315 g/mol. The van der Waals surface area contributed by atoms with Crippen LogP contribution in [0.15, 0.2) is 57.8 Å². The van der Waals surface area contributed by atoms with Crippen molar-refractivity contribution in [1.29, 1.82) is 0 Å². The zero-order chi connectivity index (χ0) is 13.4. The molecule has 0 saturated heterocycles. The molecule has 0 radical (unpaired) electrons. The number of anilines is 1. The molecule has 19 heavy (non-hydrogen) atoms. The highest BCUT2D eigenvalue weighted by Gasteiger charge is 2.10. The number of benzene rings is 2. The molecule has 2 aromatic carbocycles. The molecule has 0 amide bonds. The van der Waals surface area contributed by atoms with Crippen molar-refractivity contribution >= 4 is 32.7 Å². The molecule has 0 bridgehead atoms. The molecule has 0 fully saturated rings. The fourth-order valence-corrected chi connectivity index (χ4v) is 2.40. The molecule has 5 heteroatoms. The number of nitrogens with zero attached hydrogens (tertiary/aromatic N) is 2. The standard InChI is InChI=1S/C14H10BrN3O/c15-9-6-7-11-12(8-9)18(14(19)17-13(11)16)10-4-2-1-3-5-10/h1-8H,(H2,16,17,19). The number of hydrogen-bond donors (Lipinski definition) is 1. The maximum absolute atomic E-state index is 12.1. The van der Waals surface area contributed by atoms with Gasteiger partial charge < -0.3 is 5.73 Å². The van der Waals surface area contributed by atoms with Crippen LogP contribution in [0.25, 0.3) is 16.6 Å². The summed E-state index contributed by atoms with van der Waals surface area (Å²) < 4.78 is 2.44. The quantitative estimate of drug-likeness (QED) is 0.751. The topological polar surface area (TPSA) is 60.9 Å². The summed E-state index contributed by atoms with van der Waals surface area (Å²) in [5.74, 6) is 0.250. The molecule has 0 spiro atoms. The van der Waals surface area contributed by atoms with Gasteiger partial charge >= 0.3 is 5.69 Å². The Morgan fingerprint density at radius 1 is 1.11 bits per heavy atom. The van der Waals surface area contributed by atoms with E-state index in [0.717, 1.165) is 21.1 Å². The van der Waals surface area contributed by atoms with Crippen LogP contribution in [0.3, 0.4) is 0 Å². The van der Waals surface area contributed by atoms with Crippen LogP contribution in [0.2, 0.25) is 0 Å². The molecule has 4 nitrogen and oxygen atoms in total. The second kappa shape index (κ2) is 4.51. The van der Waals surface area contributed by atoms with Gasteiger partial charge in [0.15, 0.2) is 0 Å². The van der Waals surface area contributed by atoms with E-state index in [2.05, 4.69) is 20.9 Å². The van der Waals surface area contributed by atoms with Crippen LogP contribution in [0.4, 0.5) is 5.82 Å². The molecule has 0 aliphatic rings. The first-order chi connectivity index (χ1) is 9.16. The molecule has 3 rings (SSSR count). The van der Waals surface area contributed by atoms with Crippen LogP contribution in [-0.4, -0.2) is 9.55 Å². The molecular weight excluding hydrogens is 306 g/mol. The molecule has 2 N–H and O–H groups in total. The van der Waals surface area contributed by atoms with E-state index in [9.17, 15) is 4.79 Å². The van der Waals surface area contributed by atoms with Crippen molar-refractivity contribution < 1.29 is 0 Å². The van der Waals surface area contributed by atoms with Gasteiger partial charge in [0, 0.05) is 9.86 Å². The summed E-state index contributed by atoms with van der Waals surface area (Å²) >= 11 is 3.41. The van der Waals surface area contributed by atoms with Crippen molar-refractivity contribution in [3.05, 3.63) is 63.5 Å². The summed E-state index contributed by atoms with van der Waals surface area (Å²) in [7, 11) is 0. The summed E-state index contributed by atoms with van der Waals surface area (Å²) in [6.45, 7) is 0. The number of halogens is 1. The van der Waals surface area contributed by atoms with E-state index in [4.69, 9.17) is 5.73 Å². The van der Waals surface area contributed by atoms with Gasteiger partial charge in [-0.1, -0.05) is 34.1 Å². The first-order valence-corrected chi connectivity index (χ1v) is 6.49. The largest absolute Gasteiger partial charge is 0.383 e. The minimum atomic E-state index is -0.380. The van der Waals surface area contributed by atoms with Crippen molar-refractivity contribution in [3.63, 3.8) is 0 Å². The third kappa shape index (κ3) is 2.02. The Kier molecular flexibility index (Phi) is 2.83. The molecule has 0 aliphatic carbocycles. The molecule has 0 saturated carbocycles. The Hall–Kier alpha value is -2.14. The van der Waals surface area contributed by atoms with Gasteiger partial charge in [-0.3, -0.25) is 4.57 Å². The first-order valence-electron chi connectivity index (χ1n) is 5.70. The second-order valence-corrected chi connectivity index (χ2v) is 5.03. The van der Waals surface area contributed by atoms with Gasteiger partial charge in [-0.25, -0.2) is 4.79 Å². The number of para-hydroxylation sites is 1. The van der Waals surface area contributed by atoms with E-state index in [-0.39, 0.29) is 11.5 Å². The highest BCUT2D eigenvalue weighted by atomic mass is 79.9. The smallest absolute Gasteiger partial charge is 0.354 e. The Balaban J connectivity index is 2.48. The summed E-state index contributed by atoms with van der Waals surface area (Å²) in [5, 5.41) is 0.756. The van der Waals surface area contributed by atoms with Gasteiger partial charge in [-0.2, -0.15) is 4.98 Å². The fourth-order valence-electron chi connectivity index (χ4n) is 2.05. The van der Waals surface area contributed by atoms with Gasteiger partial charge in [0.2, 0.25) is 0 Å². The third-order valence-electron chi connectivity index (χ3n) is 2.90. The fraction of sp³-hybridized carbons (Fsp3) is 0. The number of hydrogen-bond acceptors (Lipinski definition) is 3. The molecule has 0 unspecified atom stereocenters. The summed E-state index contributed by atoms with van der Waals surface area (Å²) in [5.41, 5.74) is 6.94. The lowest BCUT2D eigenvalue weighted by molar-refractivity contribution is 0.964. The average Bonchev–Trinajstić information content (AvgIpc) is 2.39. The maximum atomic E-state index is 12.1. The third-order valence-corrected chi connectivity index (χ3v) is 3.39. The Morgan fingerprint density at radius 3 is 2.58 bits per heavy atom. The van der Waals surface area contributed by atoms with Crippen LogP contribution in [0.5, 0.6) is 0 Å². The summed E-state index contributed by atoms with van der Waals surface area (Å²) in [6.07, 6.45) is 0. The number of rotatable bonds is 1. The minimum Gasteiger partial charge on any atom is -0.383 e. The Bertz CT molecular complexity index is 812. The van der Waals surface area contributed by atoms with Crippen LogP contribution in [-0.2, 0) is 0 Å². The number of fused-ring (bicyclic) bond motifs is 1. The lowest BCUT2D eigenvalue weighted by atomic mass is 10.2. The SMILES string of the molecule is Nc1nc(=O)n(-c2ccccc2)c2cc(Br)ccc12. The Labute approximate surface area is 117 Å². The Morgan fingerprint density at radius 2 is 1.84 bits per heavy atom. The van der Waals surface area contributed by atoms with Crippen molar-refractivity contribution in [3.8, 4) is 5.69 Å². The molecule has 3 aromatic rings. The molecule has 94 valence electrons. The number of nitrogen functional groups attached to an aromatic ring is 1. The highest BCUT2D eigenvalue weighted by molar-refractivity contribution is 9.10. The van der Waals surface area contributed by atoms with E-state index in [1.165, 1.54) is 0 Å². The van der Waals surface area contributed by atoms with E-state index in [1.54, 1.807) is 4.57 Å². The van der Waals surface area contributed by atoms with Gasteiger partial charge in [-0.15, -0.1) is 0 Å². The lowest BCUT2D eigenvalue weighted by Gasteiger charge is -2.11. The van der Waals surface area contributed by atoms with Gasteiger partial charge in [0.25, 0.3) is 0 Å². The lowest BCUT2D eigenvalue weighted by Crippen LogP contribution is -2.23. The van der Waals surface area contributed by atoms with Crippen molar-refractivity contribution in [1.82, 2.24) is 9.55 Å². The summed E-state index contributed by atoms with van der Waals surface area (Å²) in [6, 6.07) is 15.0. The van der Waals surface area contributed by atoms with Gasteiger partial charge in [0.1, 0.15) is 5.82 Å². The second-order valence-electron chi connectivity index (χ2n) is 4.11. The normalized spacial score (nSPS) is 10.8. The van der Waals surface area contributed by atoms with Gasteiger partial charge in [-0.05, 0) is 30.3 Å². The van der Waals surface area contributed by atoms with E-state index in [0.29, 0.717) is 0 Å². The molecular formula is C14H10BrN3O. The maximum Gasteiger partial charge on any atom is 0.354 e. The molecule has 1 aromatic heterocycles. The predicted octanol–water partition coefficient (Wildman–Crippen LogP) is 2.73. The van der Waals surface area contributed by atoms with E-state index in [1.807, 2.05) is 48.5 Å². The van der Waals surface area contributed by atoms with E-state index >= 15 is 0 Å². The molecule has 0 atom stereocenters. The van der Waals surface area contributed by atoms with Crippen molar-refractivity contribution in [2.45, 2.75) is 0 Å². The zero-order valence-electron chi connectivity index (χ0n) is 9.88. The molecule has 1 heterocycles. The minimum absolute atomic E-state index is 0.250. The zero-order valence-corrected chi connectivity index (χ0v) is 11.5. The van der Waals surface area contributed by atoms with Crippen LogP contribution in [0, 0.1) is 0 Å². The average molecular weight is 316 g/mol. The first kappa shape index (κ1) is 11.9. The van der Waals surface area contributed by atoms with Crippen LogP contribution >= 0.6 is 15.9 Å². The highest BCUT2D eigenvalue weighted by Crippen LogP contribution is 2.23. The van der Waals surface area contributed by atoms with Crippen LogP contribution in [0.1, 0.15) is 0 Å². The molecule has 0 aliphatic heterocycles. The number of aromatic nitrogens is 2. The predicted molar refractivity (Wildman–Crippen MR) is 79.5 cm³/mol. The van der Waals surface area contributed by atoms with Crippen LogP contribution < -0.4 is 11.4 Å².